The van der Waals surface area contributed by atoms with Crippen LogP contribution in [-0.2, 0) is 10.0 Å². The van der Waals surface area contributed by atoms with Gasteiger partial charge in [0.25, 0.3) is 15.9 Å². The molecule has 2 aromatic heterocycles. The second-order valence-corrected chi connectivity index (χ2v) is 9.20. The van der Waals surface area contributed by atoms with E-state index in [0.717, 1.165) is 24.0 Å². The van der Waals surface area contributed by atoms with E-state index in [2.05, 4.69) is 19.9 Å². The van der Waals surface area contributed by atoms with E-state index in [1.165, 1.54) is 6.42 Å². The summed E-state index contributed by atoms with van der Waals surface area (Å²) in [6, 6.07) is 5.61. The molecular weight excluding hydrogens is 376 g/mol. The van der Waals surface area contributed by atoms with Gasteiger partial charge in [-0.25, -0.2) is 8.42 Å². The van der Waals surface area contributed by atoms with Crippen molar-refractivity contribution in [1.82, 2.24) is 15.2 Å². The third kappa shape index (κ3) is 3.22. The molecule has 148 valence electrons. The molecule has 0 atom stereocenters. The zero-order valence-electron chi connectivity index (χ0n) is 16.5. The Bertz CT molecular complexity index is 1140. The maximum atomic E-state index is 13.1. The molecule has 2 N–H and O–H groups in total. The fraction of sp³-hybridized carbons (Fsp3) is 0.400. The Labute approximate surface area is 164 Å². The average molecular weight is 401 g/mol. The molecule has 0 radical (unpaired) electrons. The lowest BCUT2D eigenvalue weighted by atomic mass is 9.85. The molecule has 2 heterocycles. The Morgan fingerprint density at radius 3 is 2.54 bits per heavy atom. The molecule has 0 amide bonds. The first-order valence-electron chi connectivity index (χ1n) is 9.39. The van der Waals surface area contributed by atoms with Gasteiger partial charge in [-0.2, -0.15) is 0 Å². The van der Waals surface area contributed by atoms with Crippen molar-refractivity contribution in [3.05, 3.63) is 46.5 Å². The second kappa shape index (κ2) is 6.77. The molecule has 0 aliphatic heterocycles. The molecule has 1 saturated carbocycles. The topological polar surface area (TPSA) is 101 Å². The van der Waals surface area contributed by atoms with Crippen molar-refractivity contribution in [2.75, 3.05) is 4.72 Å². The van der Waals surface area contributed by atoms with Crippen LogP contribution in [-0.4, -0.2) is 23.6 Å². The van der Waals surface area contributed by atoms with Crippen LogP contribution in [0.2, 0.25) is 0 Å². The molecule has 28 heavy (non-hydrogen) atoms. The van der Waals surface area contributed by atoms with Gasteiger partial charge in [0, 0.05) is 17.2 Å². The normalized spacial score (nSPS) is 14.9. The largest absolute Gasteiger partial charge is 0.419 e. The van der Waals surface area contributed by atoms with Gasteiger partial charge in [-0.15, -0.1) is 10.2 Å². The first-order chi connectivity index (χ1) is 13.3. The molecule has 0 saturated heterocycles. The van der Waals surface area contributed by atoms with E-state index in [1.54, 1.807) is 19.9 Å². The number of nitrogens with one attached hydrogen (secondary N) is 2. The molecule has 1 aromatic carbocycles. The fourth-order valence-corrected chi connectivity index (χ4v) is 5.21. The van der Waals surface area contributed by atoms with Gasteiger partial charge < -0.3 is 9.40 Å². The smallest absolute Gasteiger partial charge is 0.264 e. The van der Waals surface area contributed by atoms with Crippen molar-refractivity contribution < 1.29 is 12.8 Å². The zero-order chi connectivity index (χ0) is 20.1. The summed E-state index contributed by atoms with van der Waals surface area (Å²) in [4.78, 5) is 3.33. The summed E-state index contributed by atoms with van der Waals surface area (Å²) in [6.45, 7) is 7.34. The predicted octanol–water partition coefficient (Wildman–Crippen LogP) is 4.37. The van der Waals surface area contributed by atoms with Gasteiger partial charge in [0.15, 0.2) is 0 Å². The molecule has 8 heteroatoms. The highest BCUT2D eigenvalue weighted by molar-refractivity contribution is 7.92. The fourth-order valence-electron chi connectivity index (χ4n) is 3.63. The minimum absolute atomic E-state index is 0.214. The van der Waals surface area contributed by atoms with Crippen LogP contribution in [0.4, 0.5) is 5.69 Å². The maximum absolute atomic E-state index is 13.1. The van der Waals surface area contributed by atoms with Crippen molar-refractivity contribution in [1.29, 1.82) is 0 Å². The first kappa shape index (κ1) is 18.7. The van der Waals surface area contributed by atoms with Crippen molar-refractivity contribution in [2.45, 2.75) is 57.8 Å². The number of hydrogen-bond donors (Lipinski definition) is 2. The third-order valence-electron chi connectivity index (χ3n) is 5.37. The number of aromatic nitrogens is 3. The highest BCUT2D eigenvalue weighted by Gasteiger charge is 2.29. The Morgan fingerprint density at radius 2 is 1.89 bits per heavy atom. The number of H-pyrrole nitrogens is 1. The molecule has 1 fully saturated rings. The van der Waals surface area contributed by atoms with E-state index in [1.807, 2.05) is 26.0 Å². The Balaban J connectivity index is 1.69. The number of sulfonamides is 1. The van der Waals surface area contributed by atoms with Crippen LogP contribution in [0.3, 0.4) is 0 Å². The van der Waals surface area contributed by atoms with Crippen molar-refractivity contribution >= 4 is 15.7 Å². The van der Waals surface area contributed by atoms with Gasteiger partial charge >= 0.3 is 0 Å². The van der Waals surface area contributed by atoms with E-state index in [-0.39, 0.29) is 4.90 Å². The van der Waals surface area contributed by atoms with Crippen LogP contribution in [0.15, 0.2) is 27.5 Å². The number of hydrogen-bond acceptors (Lipinski definition) is 5. The molecule has 1 aliphatic rings. The molecule has 1 aliphatic carbocycles. The Hall–Kier alpha value is -2.61. The molecule has 7 nitrogen and oxygen atoms in total. The summed E-state index contributed by atoms with van der Waals surface area (Å²) in [7, 11) is -3.77. The molecule has 0 unspecified atom stereocenters. The quantitative estimate of drug-likeness (QED) is 0.662. The Morgan fingerprint density at radius 1 is 1.14 bits per heavy atom. The van der Waals surface area contributed by atoms with E-state index < -0.39 is 10.0 Å². The first-order valence-corrected chi connectivity index (χ1v) is 10.9. The van der Waals surface area contributed by atoms with Crippen LogP contribution in [0.1, 0.15) is 53.5 Å². The molecular formula is C20H24N4O3S. The van der Waals surface area contributed by atoms with Gasteiger partial charge in [0.05, 0.1) is 5.69 Å². The van der Waals surface area contributed by atoms with Gasteiger partial charge in [0.1, 0.15) is 10.6 Å². The summed E-state index contributed by atoms with van der Waals surface area (Å²) in [5.41, 5.74) is 4.17. The highest BCUT2D eigenvalue weighted by Crippen LogP contribution is 2.37. The zero-order valence-corrected chi connectivity index (χ0v) is 17.3. The lowest BCUT2D eigenvalue weighted by Crippen LogP contribution is -2.15. The minimum Gasteiger partial charge on any atom is -0.419 e. The van der Waals surface area contributed by atoms with E-state index >= 15 is 0 Å². The maximum Gasteiger partial charge on any atom is 0.264 e. The number of benzene rings is 1. The molecule has 0 bridgehead atoms. The van der Waals surface area contributed by atoms with Crippen molar-refractivity contribution in [2.24, 2.45) is 0 Å². The van der Waals surface area contributed by atoms with Gasteiger partial charge in [-0.3, -0.25) is 4.72 Å². The lowest BCUT2D eigenvalue weighted by Gasteiger charge is -2.20. The summed E-state index contributed by atoms with van der Waals surface area (Å²) < 4.78 is 34.7. The molecule has 4 rings (SSSR count). The number of aryl methyl sites for hydroxylation is 3. The highest BCUT2D eigenvalue weighted by atomic mass is 32.2. The number of aromatic amines is 1. The van der Waals surface area contributed by atoms with Gasteiger partial charge in [-0.1, -0.05) is 24.1 Å². The second-order valence-electron chi connectivity index (χ2n) is 7.58. The summed E-state index contributed by atoms with van der Waals surface area (Å²) in [5.74, 6) is 1.29. The minimum atomic E-state index is -3.77. The van der Waals surface area contributed by atoms with Gasteiger partial charge in [-0.05, 0) is 52.2 Å². The van der Waals surface area contributed by atoms with Crippen LogP contribution in [0, 0.1) is 27.7 Å². The summed E-state index contributed by atoms with van der Waals surface area (Å²) in [6.07, 6.45) is 3.29. The number of anilines is 1. The average Bonchev–Trinajstić information content (AvgIpc) is 3.13. The predicted molar refractivity (Wildman–Crippen MR) is 107 cm³/mol. The third-order valence-corrected chi connectivity index (χ3v) is 7.01. The van der Waals surface area contributed by atoms with E-state index in [9.17, 15) is 8.42 Å². The molecule has 0 spiro atoms. The lowest BCUT2D eigenvalue weighted by molar-refractivity contribution is 0.338. The van der Waals surface area contributed by atoms with E-state index in [4.69, 9.17) is 4.42 Å². The summed E-state index contributed by atoms with van der Waals surface area (Å²) >= 11 is 0. The Kier molecular flexibility index (Phi) is 4.53. The molecule has 3 aromatic rings. The number of nitrogens with zero attached hydrogens (tertiary/aromatic N) is 2. The van der Waals surface area contributed by atoms with E-state index in [0.29, 0.717) is 40.3 Å². The van der Waals surface area contributed by atoms with Gasteiger partial charge in [0.2, 0.25) is 5.89 Å². The number of rotatable bonds is 5. The van der Waals surface area contributed by atoms with Crippen LogP contribution >= 0.6 is 0 Å². The monoisotopic (exact) mass is 400 g/mol. The summed E-state index contributed by atoms with van der Waals surface area (Å²) in [5, 5.41) is 8.27. The van der Waals surface area contributed by atoms with Crippen LogP contribution < -0.4 is 4.72 Å². The SMILES string of the molecule is Cc1ccc(NS(=O)(=O)c2c(C)[nH]c(-c3nnc(C4CCC4)o3)c2C)c(C)c1. The van der Waals surface area contributed by atoms with Crippen molar-refractivity contribution in [3.8, 4) is 11.6 Å². The van der Waals surface area contributed by atoms with Crippen molar-refractivity contribution in [3.63, 3.8) is 0 Å². The van der Waals surface area contributed by atoms with Crippen LogP contribution in [0.5, 0.6) is 0 Å². The standard InChI is InChI=1S/C20H24N4O3S/c1-11-8-9-16(12(2)10-11)24-28(25,26)18-13(3)17(21-14(18)4)20-23-22-19(27-20)15-6-5-7-15/h8-10,15,21,24H,5-7H2,1-4H3. The van der Waals surface area contributed by atoms with Crippen LogP contribution in [0.25, 0.3) is 11.6 Å².